The molecule has 5 nitrogen and oxygen atoms in total. The number of hydrogen-bond acceptors (Lipinski definition) is 4. The van der Waals surface area contributed by atoms with Crippen molar-refractivity contribution in [3.05, 3.63) is 91.9 Å². The summed E-state index contributed by atoms with van der Waals surface area (Å²) in [5.41, 5.74) is 4.54. The maximum absolute atomic E-state index is 12.2. The Morgan fingerprint density at radius 1 is 1.10 bits per heavy atom. The summed E-state index contributed by atoms with van der Waals surface area (Å²) in [6.45, 7) is 0.266. The van der Waals surface area contributed by atoms with Crippen LogP contribution in [0.25, 0.3) is 0 Å². The van der Waals surface area contributed by atoms with Gasteiger partial charge in [0.1, 0.15) is 6.61 Å². The molecule has 30 heavy (non-hydrogen) atoms. The number of amides is 1. The average molecular weight is 508 g/mol. The molecule has 1 amide bonds. The Bertz CT molecular complexity index is 1090. The van der Waals surface area contributed by atoms with Crippen molar-refractivity contribution in [2.45, 2.75) is 6.61 Å². The van der Waals surface area contributed by atoms with Crippen LogP contribution in [0.1, 0.15) is 21.5 Å². The second-order valence-electron chi connectivity index (χ2n) is 6.11. The van der Waals surface area contributed by atoms with Crippen LogP contribution in [0.15, 0.2) is 70.2 Å². The van der Waals surface area contributed by atoms with Gasteiger partial charge in [0.2, 0.25) is 0 Å². The van der Waals surface area contributed by atoms with Crippen LogP contribution in [-0.2, 0) is 6.61 Å². The van der Waals surface area contributed by atoms with E-state index in [4.69, 9.17) is 32.7 Å². The first kappa shape index (κ1) is 22.2. The molecule has 0 saturated carbocycles. The number of ether oxygens (including phenoxy) is 2. The van der Waals surface area contributed by atoms with Crippen molar-refractivity contribution < 1.29 is 14.3 Å². The first-order valence-electron chi connectivity index (χ1n) is 8.80. The molecule has 0 aliphatic heterocycles. The van der Waals surface area contributed by atoms with Crippen LogP contribution >= 0.6 is 39.1 Å². The topological polar surface area (TPSA) is 59.9 Å². The van der Waals surface area contributed by atoms with Crippen LogP contribution in [0.5, 0.6) is 11.5 Å². The highest BCUT2D eigenvalue weighted by atomic mass is 79.9. The van der Waals surface area contributed by atoms with Gasteiger partial charge in [-0.05, 0) is 64.0 Å². The summed E-state index contributed by atoms with van der Waals surface area (Å²) in [5, 5.41) is 5.11. The Kier molecular flexibility index (Phi) is 7.74. The van der Waals surface area contributed by atoms with E-state index in [-0.39, 0.29) is 12.5 Å². The fraction of sp³-hybridized carbons (Fsp3) is 0.0909. The third-order valence-electron chi connectivity index (χ3n) is 4.08. The zero-order chi connectivity index (χ0) is 21.5. The summed E-state index contributed by atoms with van der Waals surface area (Å²) in [6.07, 6.45) is 1.52. The highest BCUT2D eigenvalue weighted by Gasteiger charge is 2.09. The van der Waals surface area contributed by atoms with Gasteiger partial charge in [0, 0.05) is 20.1 Å². The summed E-state index contributed by atoms with van der Waals surface area (Å²) >= 11 is 15.4. The number of methoxy groups -OCH3 is 1. The van der Waals surface area contributed by atoms with Crippen LogP contribution in [0.4, 0.5) is 0 Å². The molecular weight excluding hydrogens is 491 g/mol. The van der Waals surface area contributed by atoms with Crippen LogP contribution in [0.3, 0.4) is 0 Å². The maximum Gasteiger partial charge on any atom is 0.272 e. The summed E-state index contributed by atoms with van der Waals surface area (Å²) in [7, 11) is 1.55. The lowest BCUT2D eigenvalue weighted by atomic mass is 10.2. The number of benzene rings is 3. The standard InChI is InChI=1S/C22H17BrCl2N2O3/c1-29-21-10-14(12-26-27-22(28)17-4-2-3-5-18(17)23)6-9-20(21)30-13-15-7-8-16(24)11-19(15)25/h2-12H,13H2,1H3,(H,27,28)/b26-12-. The van der Waals surface area contributed by atoms with E-state index in [0.29, 0.717) is 31.6 Å². The molecule has 0 aliphatic carbocycles. The van der Waals surface area contributed by atoms with Gasteiger partial charge in [0.15, 0.2) is 11.5 Å². The van der Waals surface area contributed by atoms with Crippen molar-refractivity contribution in [2.24, 2.45) is 5.10 Å². The van der Waals surface area contributed by atoms with E-state index >= 15 is 0 Å². The quantitative estimate of drug-likeness (QED) is 0.310. The molecule has 0 bridgehead atoms. The molecule has 0 spiro atoms. The highest BCUT2D eigenvalue weighted by molar-refractivity contribution is 9.10. The number of carbonyl (C=O) groups is 1. The van der Waals surface area contributed by atoms with Crippen LogP contribution in [0.2, 0.25) is 10.0 Å². The molecule has 3 rings (SSSR count). The summed E-state index contributed by atoms with van der Waals surface area (Å²) < 4.78 is 11.9. The molecule has 3 aromatic carbocycles. The number of nitrogens with one attached hydrogen (secondary N) is 1. The molecule has 0 fully saturated rings. The third-order valence-corrected chi connectivity index (χ3v) is 5.36. The molecule has 1 N–H and O–H groups in total. The van der Waals surface area contributed by atoms with Gasteiger partial charge in [-0.2, -0.15) is 5.10 Å². The van der Waals surface area contributed by atoms with Crippen molar-refractivity contribution in [1.29, 1.82) is 0 Å². The van der Waals surface area contributed by atoms with E-state index in [0.717, 1.165) is 11.1 Å². The number of carbonyl (C=O) groups excluding carboxylic acids is 1. The third kappa shape index (κ3) is 5.75. The van der Waals surface area contributed by atoms with Crippen LogP contribution in [0, 0.1) is 0 Å². The monoisotopic (exact) mass is 506 g/mol. The van der Waals surface area contributed by atoms with Gasteiger partial charge in [0.25, 0.3) is 5.91 Å². The lowest BCUT2D eigenvalue weighted by Gasteiger charge is -2.12. The van der Waals surface area contributed by atoms with Gasteiger partial charge in [-0.15, -0.1) is 0 Å². The number of hydrogen-bond donors (Lipinski definition) is 1. The molecule has 0 saturated heterocycles. The Labute approximate surface area is 192 Å². The molecule has 0 aliphatic rings. The minimum Gasteiger partial charge on any atom is -0.493 e. The fourth-order valence-corrected chi connectivity index (χ4v) is 3.48. The van der Waals surface area contributed by atoms with E-state index < -0.39 is 0 Å². The average Bonchev–Trinajstić information content (AvgIpc) is 2.73. The SMILES string of the molecule is COc1cc(/C=N\NC(=O)c2ccccc2Br)ccc1OCc1ccc(Cl)cc1Cl. The van der Waals surface area contributed by atoms with Gasteiger partial charge < -0.3 is 9.47 Å². The Balaban J connectivity index is 1.65. The Morgan fingerprint density at radius 3 is 2.63 bits per heavy atom. The molecule has 0 radical (unpaired) electrons. The molecule has 0 unspecified atom stereocenters. The predicted molar refractivity (Wildman–Crippen MR) is 123 cm³/mol. The fourth-order valence-electron chi connectivity index (χ4n) is 2.55. The molecular formula is C22H17BrCl2N2O3. The van der Waals surface area contributed by atoms with E-state index in [1.54, 1.807) is 55.6 Å². The van der Waals surface area contributed by atoms with Gasteiger partial charge in [-0.25, -0.2) is 5.43 Å². The lowest BCUT2D eigenvalue weighted by Crippen LogP contribution is -2.18. The number of halogens is 3. The van der Waals surface area contributed by atoms with E-state index in [1.165, 1.54) is 6.21 Å². The first-order valence-corrected chi connectivity index (χ1v) is 10.4. The second-order valence-corrected chi connectivity index (χ2v) is 7.81. The van der Waals surface area contributed by atoms with Gasteiger partial charge in [-0.3, -0.25) is 4.79 Å². The molecule has 8 heteroatoms. The number of hydrazone groups is 1. The minimum absolute atomic E-state index is 0.266. The Morgan fingerprint density at radius 2 is 1.90 bits per heavy atom. The summed E-state index contributed by atoms with van der Waals surface area (Å²) in [5.74, 6) is 0.768. The smallest absolute Gasteiger partial charge is 0.272 e. The largest absolute Gasteiger partial charge is 0.493 e. The molecule has 3 aromatic rings. The molecule has 154 valence electrons. The van der Waals surface area contributed by atoms with E-state index in [1.807, 2.05) is 12.1 Å². The molecule has 0 atom stereocenters. The molecule has 0 aromatic heterocycles. The summed E-state index contributed by atoms with van der Waals surface area (Å²) in [6, 6.07) is 17.7. The van der Waals surface area contributed by atoms with Crippen molar-refractivity contribution in [3.8, 4) is 11.5 Å². The highest BCUT2D eigenvalue weighted by Crippen LogP contribution is 2.29. The maximum atomic E-state index is 12.2. The van der Waals surface area contributed by atoms with Crippen LogP contribution in [-0.4, -0.2) is 19.2 Å². The van der Waals surface area contributed by atoms with Gasteiger partial charge in [0.05, 0.1) is 18.9 Å². The van der Waals surface area contributed by atoms with E-state index in [2.05, 4.69) is 26.5 Å². The number of rotatable bonds is 7. The Hall–Kier alpha value is -2.54. The van der Waals surface area contributed by atoms with Gasteiger partial charge >= 0.3 is 0 Å². The van der Waals surface area contributed by atoms with Crippen molar-refractivity contribution in [3.63, 3.8) is 0 Å². The number of nitrogens with zero attached hydrogens (tertiary/aromatic N) is 1. The second kappa shape index (κ2) is 10.5. The zero-order valence-corrected chi connectivity index (χ0v) is 19.0. The van der Waals surface area contributed by atoms with Crippen molar-refractivity contribution >= 4 is 51.3 Å². The molecule has 0 heterocycles. The summed E-state index contributed by atoms with van der Waals surface area (Å²) in [4.78, 5) is 12.2. The lowest BCUT2D eigenvalue weighted by molar-refractivity contribution is 0.0954. The predicted octanol–water partition coefficient (Wildman–Crippen LogP) is 6.11. The van der Waals surface area contributed by atoms with Crippen LogP contribution < -0.4 is 14.9 Å². The van der Waals surface area contributed by atoms with Gasteiger partial charge in [-0.1, -0.05) is 41.4 Å². The van der Waals surface area contributed by atoms with E-state index in [9.17, 15) is 4.79 Å². The normalized spacial score (nSPS) is 10.8. The minimum atomic E-state index is -0.314. The van der Waals surface area contributed by atoms with Crippen molar-refractivity contribution in [1.82, 2.24) is 5.43 Å². The zero-order valence-electron chi connectivity index (χ0n) is 15.9. The first-order chi connectivity index (χ1) is 14.5. The van der Waals surface area contributed by atoms with Crippen molar-refractivity contribution in [2.75, 3.05) is 7.11 Å².